The summed E-state index contributed by atoms with van der Waals surface area (Å²) < 4.78 is 5.27. The van der Waals surface area contributed by atoms with E-state index in [4.69, 9.17) is 10.5 Å². The zero-order valence-corrected chi connectivity index (χ0v) is 10.3. The SMILES string of the molecule is CCOCc1nc(N)cc(Nc2ccccc2)n1. The molecule has 0 saturated heterocycles. The molecule has 0 aliphatic rings. The Kier molecular flexibility index (Phi) is 4.09. The maximum absolute atomic E-state index is 5.74. The van der Waals surface area contributed by atoms with Crippen LogP contribution in [0, 0.1) is 0 Å². The molecule has 1 heterocycles. The standard InChI is InChI=1S/C13H16N4O/c1-2-18-9-13-16-11(14)8-12(17-13)15-10-6-4-3-5-7-10/h3-8H,2,9H2,1H3,(H3,14,15,16,17). The lowest BCUT2D eigenvalue weighted by atomic mass is 10.3. The highest BCUT2D eigenvalue weighted by Crippen LogP contribution is 2.15. The van der Waals surface area contributed by atoms with Crippen molar-refractivity contribution in [2.45, 2.75) is 13.5 Å². The van der Waals surface area contributed by atoms with Gasteiger partial charge in [0, 0.05) is 18.4 Å². The van der Waals surface area contributed by atoms with Gasteiger partial charge in [0.25, 0.3) is 0 Å². The second-order valence-electron chi connectivity index (χ2n) is 3.72. The molecule has 0 radical (unpaired) electrons. The van der Waals surface area contributed by atoms with Gasteiger partial charge >= 0.3 is 0 Å². The van der Waals surface area contributed by atoms with Crippen LogP contribution < -0.4 is 11.1 Å². The van der Waals surface area contributed by atoms with Crippen molar-refractivity contribution in [3.8, 4) is 0 Å². The first-order valence-electron chi connectivity index (χ1n) is 5.81. The van der Waals surface area contributed by atoms with Crippen LogP contribution in [0.5, 0.6) is 0 Å². The van der Waals surface area contributed by atoms with Crippen molar-refractivity contribution in [1.82, 2.24) is 9.97 Å². The molecule has 0 bridgehead atoms. The molecule has 3 N–H and O–H groups in total. The first kappa shape index (κ1) is 12.3. The average molecular weight is 244 g/mol. The predicted octanol–water partition coefficient (Wildman–Crippen LogP) is 2.34. The van der Waals surface area contributed by atoms with Gasteiger partial charge < -0.3 is 15.8 Å². The maximum atomic E-state index is 5.74. The van der Waals surface area contributed by atoms with Crippen LogP contribution >= 0.6 is 0 Å². The minimum absolute atomic E-state index is 0.366. The Labute approximate surface area is 106 Å². The molecule has 0 saturated carbocycles. The van der Waals surface area contributed by atoms with Crippen molar-refractivity contribution in [2.75, 3.05) is 17.7 Å². The average Bonchev–Trinajstić information content (AvgIpc) is 2.37. The number of rotatable bonds is 5. The van der Waals surface area contributed by atoms with Gasteiger partial charge in [0.05, 0.1) is 0 Å². The van der Waals surface area contributed by atoms with Gasteiger partial charge in [-0.2, -0.15) is 0 Å². The van der Waals surface area contributed by atoms with Gasteiger partial charge in [-0.15, -0.1) is 0 Å². The summed E-state index contributed by atoms with van der Waals surface area (Å²) in [5, 5.41) is 3.17. The lowest BCUT2D eigenvalue weighted by Crippen LogP contribution is -2.05. The number of ether oxygens (including phenoxy) is 1. The van der Waals surface area contributed by atoms with E-state index >= 15 is 0 Å². The minimum Gasteiger partial charge on any atom is -0.384 e. The first-order valence-corrected chi connectivity index (χ1v) is 5.81. The zero-order valence-electron chi connectivity index (χ0n) is 10.3. The number of nitrogen functional groups attached to an aromatic ring is 1. The smallest absolute Gasteiger partial charge is 0.158 e. The normalized spacial score (nSPS) is 10.3. The van der Waals surface area contributed by atoms with Gasteiger partial charge in [-0.1, -0.05) is 18.2 Å². The van der Waals surface area contributed by atoms with Crippen LogP contribution in [0.4, 0.5) is 17.3 Å². The molecule has 2 aromatic rings. The molecule has 0 fully saturated rings. The molecule has 18 heavy (non-hydrogen) atoms. The second kappa shape index (κ2) is 5.97. The van der Waals surface area contributed by atoms with E-state index in [9.17, 15) is 0 Å². The summed E-state index contributed by atoms with van der Waals surface area (Å²) in [5.74, 6) is 1.68. The van der Waals surface area contributed by atoms with E-state index in [1.165, 1.54) is 0 Å². The van der Waals surface area contributed by atoms with Gasteiger partial charge in [-0.25, -0.2) is 9.97 Å². The summed E-state index contributed by atoms with van der Waals surface area (Å²) in [6, 6.07) is 11.5. The van der Waals surface area contributed by atoms with E-state index in [2.05, 4.69) is 15.3 Å². The number of aromatic nitrogens is 2. The van der Waals surface area contributed by atoms with Gasteiger partial charge in [-0.05, 0) is 19.1 Å². The Morgan fingerprint density at radius 2 is 2.00 bits per heavy atom. The van der Waals surface area contributed by atoms with Crippen LogP contribution in [0.3, 0.4) is 0 Å². The van der Waals surface area contributed by atoms with Crippen LogP contribution in [0.2, 0.25) is 0 Å². The Bertz CT molecular complexity index is 502. The molecule has 5 nitrogen and oxygen atoms in total. The van der Waals surface area contributed by atoms with Gasteiger partial charge in [-0.3, -0.25) is 0 Å². The largest absolute Gasteiger partial charge is 0.384 e. The highest BCUT2D eigenvalue weighted by molar-refractivity contribution is 5.58. The number of para-hydroxylation sites is 1. The molecule has 5 heteroatoms. The fourth-order valence-corrected chi connectivity index (χ4v) is 1.51. The van der Waals surface area contributed by atoms with E-state index in [0.29, 0.717) is 30.7 Å². The summed E-state index contributed by atoms with van der Waals surface area (Å²) in [6.07, 6.45) is 0. The lowest BCUT2D eigenvalue weighted by molar-refractivity contribution is 0.128. The maximum Gasteiger partial charge on any atom is 0.158 e. The molecular formula is C13H16N4O. The third-order valence-corrected chi connectivity index (χ3v) is 2.27. The van der Waals surface area contributed by atoms with Crippen LogP contribution in [-0.2, 0) is 11.3 Å². The Morgan fingerprint density at radius 1 is 1.22 bits per heavy atom. The van der Waals surface area contributed by atoms with E-state index in [1.807, 2.05) is 37.3 Å². The number of hydrogen-bond donors (Lipinski definition) is 2. The number of nitrogens with zero attached hydrogens (tertiary/aromatic N) is 2. The molecule has 0 unspecified atom stereocenters. The topological polar surface area (TPSA) is 73.1 Å². The van der Waals surface area contributed by atoms with Crippen molar-refractivity contribution in [3.63, 3.8) is 0 Å². The minimum atomic E-state index is 0.366. The van der Waals surface area contributed by atoms with Gasteiger partial charge in [0.2, 0.25) is 0 Å². The van der Waals surface area contributed by atoms with Gasteiger partial charge in [0.1, 0.15) is 18.2 Å². The molecule has 94 valence electrons. The molecule has 0 spiro atoms. The van der Waals surface area contributed by atoms with Crippen molar-refractivity contribution >= 4 is 17.3 Å². The van der Waals surface area contributed by atoms with Crippen LogP contribution in [0.15, 0.2) is 36.4 Å². The molecule has 0 aliphatic heterocycles. The fraction of sp³-hybridized carbons (Fsp3) is 0.231. The fourth-order valence-electron chi connectivity index (χ4n) is 1.51. The summed E-state index contributed by atoms with van der Waals surface area (Å²) in [6.45, 7) is 2.92. The van der Waals surface area contributed by atoms with E-state index in [0.717, 1.165) is 5.69 Å². The number of hydrogen-bond acceptors (Lipinski definition) is 5. The molecule has 1 aromatic carbocycles. The van der Waals surface area contributed by atoms with Crippen molar-refractivity contribution < 1.29 is 4.74 Å². The molecular weight excluding hydrogens is 228 g/mol. The predicted molar refractivity (Wildman–Crippen MR) is 71.5 cm³/mol. The highest BCUT2D eigenvalue weighted by Gasteiger charge is 2.03. The Balaban J connectivity index is 2.15. The van der Waals surface area contributed by atoms with E-state index in [-0.39, 0.29) is 0 Å². The van der Waals surface area contributed by atoms with Crippen LogP contribution in [0.25, 0.3) is 0 Å². The third kappa shape index (κ3) is 3.43. The summed E-state index contributed by atoms with van der Waals surface area (Å²) in [4.78, 5) is 8.45. The number of anilines is 3. The van der Waals surface area contributed by atoms with Crippen molar-refractivity contribution in [3.05, 3.63) is 42.2 Å². The molecule has 0 atom stereocenters. The Morgan fingerprint density at radius 3 is 2.72 bits per heavy atom. The second-order valence-corrected chi connectivity index (χ2v) is 3.72. The van der Waals surface area contributed by atoms with Crippen LogP contribution in [-0.4, -0.2) is 16.6 Å². The summed E-state index contributed by atoms with van der Waals surface area (Å²) in [7, 11) is 0. The monoisotopic (exact) mass is 244 g/mol. The number of benzene rings is 1. The molecule has 0 amide bonds. The van der Waals surface area contributed by atoms with E-state index < -0.39 is 0 Å². The highest BCUT2D eigenvalue weighted by atomic mass is 16.5. The number of nitrogens with two attached hydrogens (primary N) is 1. The van der Waals surface area contributed by atoms with Gasteiger partial charge in [0.15, 0.2) is 5.82 Å². The van der Waals surface area contributed by atoms with E-state index in [1.54, 1.807) is 6.07 Å². The summed E-state index contributed by atoms with van der Waals surface area (Å²) in [5.41, 5.74) is 6.69. The molecule has 1 aromatic heterocycles. The Hall–Kier alpha value is -2.14. The lowest BCUT2D eigenvalue weighted by Gasteiger charge is -2.08. The van der Waals surface area contributed by atoms with Crippen LogP contribution in [0.1, 0.15) is 12.7 Å². The molecule has 0 aliphatic carbocycles. The summed E-state index contributed by atoms with van der Waals surface area (Å²) >= 11 is 0. The first-order chi connectivity index (χ1) is 8.78. The zero-order chi connectivity index (χ0) is 12.8. The quantitative estimate of drug-likeness (QED) is 0.844. The van der Waals surface area contributed by atoms with Crippen molar-refractivity contribution in [1.29, 1.82) is 0 Å². The van der Waals surface area contributed by atoms with Crippen molar-refractivity contribution in [2.24, 2.45) is 0 Å². The molecule has 2 rings (SSSR count). The third-order valence-electron chi connectivity index (χ3n) is 2.27. The number of nitrogens with one attached hydrogen (secondary N) is 1.